The van der Waals surface area contributed by atoms with E-state index < -0.39 is 5.91 Å². The molecule has 0 atom stereocenters. The third kappa shape index (κ3) is 4.01. The number of anilines is 1. The molecule has 3 N–H and O–H groups in total. The van der Waals surface area contributed by atoms with Crippen LogP contribution in [0.4, 0.5) is 5.69 Å². The van der Waals surface area contributed by atoms with Crippen LogP contribution in [-0.2, 0) is 17.9 Å². The van der Waals surface area contributed by atoms with E-state index >= 15 is 0 Å². The number of nitrogens with zero attached hydrogens (tertiary/aromatic N) is 2. The summed E-state index contributed by atoms with van der Waals surface area (Å²) >= 11 is 0. The Morgan fingerprint density at radius 2 is 2.15 bits per heavy atom. The molecule has 1 amide bonds. The molecule has 6 nitrogen and oxygen atoms in total. The molecule has 0 spiro atoms. The number of nitrogens with one attached hydrogen (secondary N) is 1. The molecule has 20 heavy (non-hydrogen) atoms. The predicted molar refractivity (Wildman–Crippen MR) is 76.4 cm³/mol. The van der Waals surface area contributed by atoms with Crippen LogP contribution in [0.1, 0.15) is 12.5 Å². The maximum atomic E-state index is 10.8. The number of rotatable bonds is 7. The third-order valence-electron chi connectivity index (χ3n) is 2.68. The van der Waals surface area contributed by atoms with Gasteiger partial charge in [-0.1, -0.05) is 12.1 Å². The first-order valence-corrected chi connectivity index (χ1v) is 6.43. The standard InChI is InChI=1S/C14H18N4O2/c1-2-20-13-5-3-11(4-6-13)7-16-12-8-17-18(9-12)10-14(15)19/h3-6,8-9,16H,2,7,10H2,1H3,(H2,15,19). The minimum atomic E-state index is -0.411. The molecule has 0 aliphatic rings. The first-order chi connectivity index (χ1) is 9.67. The maximum absolute atomic E-state index is 10.8. The summed E-state index contributed by atoms with van der Waals surface area (Å²) in [5.74, 6) is 0.455. The van der Waals surface area contributed by atoms with E-state index in [0.29, 0.717) is 13.2 Å². The Kier molecular flexibility index (Phi) is 4.60. The SMILES string of the molecule is CCOc1ccc(CNc2cnn(CC(N)=O)c2)cc1. The van der Waals surface area contributed by atoms with Gasteiger partial charge in [-0.05, 0) is 24.6 Å². The second-order valence-corrected chi connectivity index (χ2v) is 4.32. The summed E-state index contributed by atoms with van der Waals surface area (Å²) in [5.41, 5.74) is 7.09. The number of hydrogen-bond acceptors (Lipinski definition) is 4. The number of primary amides is 1. The molecule has 0 radical (unpaired) electrons. The predicted octanol–water partition coefficient (Wildman–Crippen LogP) is 1.38. The summed E-state index contributed by atoms with van der Waals surface area (Å²) in [6.45, 7) is 3.38. The summed E-state index contributed by atoms with van der Waals surface area (Å²) < 4.78 is 6.89. The summed E-state index contributed by atoms with van der Waals surface area (Å²) in [6, 6.07) is 7.89. The number of amides is 1. The van der Waals surface area contributed by atoms with Crippen molar-refractivity contribution in [3.63, 3.8) is 0 Å². The Morgan fingerprint density at radius 3 is 2.80 bits per heavy atom. The molecule has 106 valence electrons. The van der Waals surface area contributed by atoms with Crippen LogP contribution >= 0.6 is 0 Å². The van der Waals surface area contributed by atoms with Gasteiger partial charge in [0.2, 0.25) is 5.91 Å². The van der Waals surface area contributed by atoms with Gasteiger partial charge in [0.05, 0.1) is 18.5 Å². The van der Waals surface area contributed by atoms with E-state index in [1.807, 2.05) is 31.2 Å². The van der Waals surface area contributed by atoms with E-state index in [-0.39, 0.29) is 6.54 Å². The number of ether oxygens (including phenoxy) is 1. The summed E-state index contributed by atoms with van der Waals surface area (Å²) in [4.78, 5) is 10.8. The van der Waals surface area contributed by atoms with Crippen molar-refractivity contribution >= 4 is 11.6 Å². The van der Waals surface area contributed by atoms with Crippen molar-refractivity contribution in [2.24, 2.45) is 5.73 Å². The second kappa shape index (κ2) is 6.60. The summed E-state index contributed by atoms with van der Waals surface area (Å²) in [6.07, 6.45) is 3.41. The Bertz CT molecular complexity index is 563. The molecule has 0 aliphatic heterocycles. The van der Waals surface area contributed by atoms with Crippen LogP contribution < -0.4 is 15.8 Å². The molecule has 0 aliphatic carbocycles. The van der Waals surface area contributed by atoms with Gasteiger partial charge in [-0.3, -0.25) is 9.48 Å². The van der Waals surface area contributed by atoms with E-state index in [0.717, 1.165) is 17.0 Å². The first-order valence-electron chi connectivity index (χ1n) is 6.43. The van der Waals surface area contributed by atoms with Crippen LogP contribution in [0.25, 0.3) is 0 Å². The van der Waals surface area contributed by atoms with Crippen molar-refractivity contribution in [1.29, 1.82) is 0 Å². The van der Waals surface area contributed by atoms with Crippen molar-refractivity contribution in [1.82, 2.24) is 9.78 Å². The summed E-state index contributed by atoms with van der Waals surface area (Å²) in [5, 5.41) is 7.27. The molecular weight excluding hydrogens is 256 g/mol. The van der Waals surface area contributed by atoms with Gasteiger partial charge in [0.1, 0.15) is 12.3 Å². The van der Waals surface area contributed by atoms with Crippen LogP contribution in [0.15, 0.2) is 36.7 Å². The quantitative estimate of drug-likeness (QED) is 0.799. The molecule has 1 heterocycles. The van der Waals surface area contributed by atoms with E-state index in [4.69, 9.17) is 10.5 Å². The smallest absolute Gasteiger partial charge is 0.239 e. The highest BCUT2D eigenvalue weighted by Crippen LogP contribution is 2.13. The highest BCUT2D eigenvalue weighted by molar-refractivity contribution is 5.73. The number of carbonyl (C=O) groups excluding carboxylic acids is 1. The zero-order valence-electron chi connectivity index (χ0n) is 11.4. The first kappa shape index (κ1) is 13.9. The van der Waals surface area contributed by atoms with Gasteiger partial charge in [-0.15, -0.1) is 0 Å². The molecule has 2 rings (SSSR count). The van der Waals surface area contributed by atoms with Gasteiger partial charge in [0, 0.05) is 12.7 Å². The maximum Gasteiger partial charge on any atom is 0.239 e. The lowest BCUT2D eigenvalue weighted by Gasteiger charge is -2.06. The minimum absolute atomic E-state index is 0.0880. The minimum Gasteiger partial charge on any atom is -0.494 e. The molecule has 6 heteroatoms. The third-order valence-corrected chi connectivity index (χ3v) is 2.68. The number of benzene rings is 1. The lowest BCUT2D eigenvalue weighted by Crippen LogP contribution is -2.18. The van der Waals surface area contributed by atoms with Crippen molar-refractivity contribution in [2.45, 2.75) is 20.0 Å². The normalized spacial score (nSPS) is 10.2. The van der Waals surface area contributed by atoms with E-state index in [2.05, 4.69) is 10.4 Å². The molecule has 1 aromatic heterocycles. The second-order valence-electron chi connectivity index (χ2n) is 4.32. The number of hydrogen-bond donors (Lipinski definition) is 2. The molecule has 1 aromatic carbocycles. The molecule has 0 saturated heterocycles. The monoisotopic (exact) mass is 274 g/mol. The van der Waals surface area contributed by atoms with E-state index in [1.165, 1.54) is 4.68 Å². The average molecular weight is 274 g/mol. The fourth-order valence-corrected chi connectivity index (χ4v) is 1.78. The van der Waals surface area contributed by atoms with Gasteiger partial charge in [-0.25, -0.2) is 0 Å². The Morgan fingerprint density at radius 1 is 1.40 bits per heavy atom. The van der Waals surface area contributed by atoms with Gasteiger partial charge in [-0.2, -0.15) is 5.10 Å². The molecule has 0 unspecified atom stereocenters. The van der Waals surface area contributed by atoms with Gasteiger partial charge >= 0.3 is 0 Å². The zero-order chi connectivity index (χ0) is 14.4. The Balaban J connectivity index is 1.88. The fraction of sp³-hybridized carbons (Fsp3) is 0.286. The molecular formula is C14H18N4O2. The van der Waals surface area contributed by atoms with Crippen LogP contribution in [-0.4, -0.2) is 22.3 Å². The Hall–Kier alpha value is -2.50. The lowest BCUT2D eigenvalue weighted by molar-refractivity contribution is -0.118. The fourth-order valence-electron chi connectivity index (χ4n) is 1.78. The number of nitrogens with two attached hydrogens (primary N) is 1. The molecule has 0 bridgehead atoms. The number of carbonyl (C=O) groups is 1. The number of aromatic nitrogens is 2. The van der Waals surface area contributed by atoms with Crippen LogP contribution in [0.3, 0.4) is 0 Å². The van der Waals surface area contributed by atoms with Crippen molar-refractivity contribution < 1.29 is 9.53 Å². The Labute approximate surface area is 117 Å². The van der Waals surface area contributed by atoms with Crippen LogP contribution in [0.5, 0.6) is 5.75 Å². The van der Waals surface area contributed by atoms with Crippen LogP contribution in [0.2, 0.25) is 0 Å². The van der Waals surface area contributed by atoms with Crippen molar-refractivity contribution in [2.75, 3.05) is 11.9 Å². The van der Waals surface area contributed by atoms with Gasteiger partial charge in [0.15, 0.2) is 0 Å². The lowest BCUT2D eigenvalue weighted by atomic mass is 10.2. The highest BCUT2D eigenvalue weighted by Gasteiger charge is 2.01. The summed E-state index contributed by atoms with van der Waals surface area (Å²) in [7, 11) is 0. The highest BCUT2D eigenvalue weighted by atomic mass is 16.5. The topological polar surface area (TPSA) is 82.2 Å². The van der Waals surface area contributed by atoms with Crippen molar-refractivity contribution in [3.05, 3.63) is 42.2 Å². The van der Waals surface area contributed by atoms with E-state index in [1.54, 1.807) is 12.4 Å². The van der Waals surface area contributed by atoms with Crippen LogP contribution in [0, 0.1) is 0 Å². The average Bonchev–Trinajstić information content (AvgIpc) is 2.85. The molecule has 0 saturated carbocycles. The van der Waals surface area contributed by atoms with E-state index in [9.17, 15) is 4.79 Å². The van der Waals surface area contributed by atoms with Crippen molar-refractivity contribution in [3.8, 4) is 5.75 Å². The zero-order valence-corrected chi connectivity index (χ0v) is 11.4. The largest absolute Gasteiger partial charge is 0.494 e. The molecule has 2 aromatic rings. The molecule has 0 fully saturated rings. The van der Waals surface area contributed by atoms with Gasteiger partial charge < -0.3 is 15.8 Å². The van der Waals surface area contributed by atoms with Gasteiger partial charge in [0.25, 0.3) is 0 Å².